The topological polar surface area (TPSA) is 121 Å². The summed E-state index contributed by atoms with van der Waals surface area (Å²) in [6.45, 7) is 14.9. The molecule has 3 fully saturated rings. The zero-order valence-corrected chi connectivity index (χ0v) is 33.1. The molecule has 3 aromatic rings. The third kappa shape index (κ3) is 10.6. The zero-order valence-electron chi connectivity index (χ0n) is 31.4. The molecule has 2 amide bonds. The summed E-state index contributed by atoms with van der Waals surface area (Å²) < 4.78 is 29.8. The van der Waals surface area contributed by atoms with E-state index in [0.717, 1.165) is 22.3 Å². The van der Waals surface area contributed by atoms with E-state index in [1.165, 1.54) is 34.0 Å². The van der Waals surface area contributed by atoms with Gasteiger partial charge in [-0.2, -0.15) is 0 Å². The molecule has 10 nitrogen and oxygen atoms in total. The number of thioether (sulfide) groups is 2. The number of hydrogen-bond acceptors (Lipinski definition) is 10. The van der Waals surface area contributed by atoms with Crippen molar-refractivity contribution in [2.24, 2.45) is 10.8 Å². The van der Waals surface area contributed by atoms with Gasteiger partial charge in [-0.1, -0.05) is 118 Å². The van der Waals surface area contributed by atoms with Crippen molar-refractivity contribution in [3.05, 3.63) is 107 Å². The van der Waals surface area contributed by atoms with Crippen molar-refractivity contribution in [3.8, 4) is 0 Å². The third-order valence-electron chi connectivity index (χ3n) is 9.13. The first kappa shape index (κ1) is 40.8. The SMILES string of the molecule is Cc1ccc(C2(CSCC(=O)N3C(=O)OC[C@@H]3c3ccccc3)OCC(C)(C)CO2)cc1.Cc1ccc(C2(CSCC(=O)O)OCC(C)(C)CO2)cc1. The van der Waals surface area contributed by atoms with Crippen LogP contribution in [0.4, 0.5) is 4.79 Å². The first-order valence-corrected chi connectivity index (χ1v) is 20.0. The fourth-order valence-electron chi connectivity index (χ4n) is 5.93. The number of rotatable bonds is 11. The molecule has 0 saturated carbocycles. The molecule has 286 valence electrons. The second-order valence-corrected chi connectivity index (χ2v) is 17.3. The lowest BCUT2D eigenvalue weighted by molar-refractivity contribution is -0.295. The number of carboxylic acid groups (broad SMARTS) is 1. The summed E-state index contributed by atoms with van der Waals surface area (Å²) in [6, 6.07) is 25.2. The summed E-state index contributed by atoms with van der Waals surface area (Å²) in [5.74, 6) is -1.78. The first-order chi connectivity index (χ1) is 25.1. The minimum absolute atomic E-state index is 0.0222. The fourth-order valence-corrected chi connectivity index (χ4v) is 7.83. The van der Waals surface area contributed by atoms with Gasteiger partial charge in [-0.05, 0) is 19.4 Å². The van der Waals surface area contributed by atoms with Crippen LogP contribution in [0.1, 0.15) is 61.6 Å². The van der Waals surface area contributed by atoms with Crippen LogP contribution in [0.5, 0.6) is 0 Å². The maximum absolute atomic E-state index is 13.0. The van der Waals surface area contributed by atoms with Crippen LogP contribution in [0, 0.1) is 24.7 Å². The van der Waals surface area contributed by atoms with Crippen LogP contribution < -0.4 is 0 Å². The summed E-state index contributed by atoms with van der Waals surface area (Å²) >= 11 is 2.72. The van der Waals surface area contributed by atoms with E-state index in [2.05, 4.69) is 27.7 Å². The number of ether oxygens (including phenoxy) is 5. The lowest BCUT2D eigenvalue weighted by Crippen LogP contribution is -2.47. The van der Waals surface area contributed by atoms with Crippen LogP contribution in [0.2, 0.25) is 0 Å². The molecule has 1 N–H and O–H groups in total. The highest BCUT2D eigenvalue weighted by atomic mass is 32.2. The Morgan fingerprint density at radius 2 is 1.13 bits per heavy atom. The van der Waals surface area contributed by atoms with Crippen LogP contribution >= 0.6 is 23.5 Å². The highest BCUT2D eigenvalue weighted by molar-refractivity contribution is 8.00. The van der Waals surface area contributed by atoms with E-state index in [4.69, 9.17) is 28.8 Å². The Balaban J connectivity index is 0.000000224. The molecule has 3 heterocycles. The predicted octanol–water partition coefficient (Wildman–Crippen LogP) is 7.71. The van der Waals surface area contributed by atoms with Crippen LogP contribution in [-0.2, 0) is 44.8 Å². The van der Waals surface area contributed by atoms with Gasteiger partial charge in [0.05, 0.1) is 49.4 Å². The van der Waals surface area contributed by atoms with Gasteiger partial charge >= 0.3 is 12.1 Å². The standard InChI is InChI=1S/C25H29NO5S.C16H22O4S/c1-18-9-11-20(12-10-18)25(30-15-24(2,3)16-31-25)17-32-14-22(27)26-21(13-29-23(26)28)19-7-5-4-6-8-19;1-12-4-6-13(7-5-12)16(11-21-8-14(17)18)19-9-15(2,3)10-20-16/h4-12,21H,13-17H2,1-3H3;4-7H,8-11H2,1-3H3,(H,17,18)/t21-;/m1./s1. The summed E-state index contributed by atoms with van der Waals surface area (Å²) in [7, 11) is 0. The minimum atomic E-state index is -0.918. The average Bonchev–Trinajstić information content (AvgIpc) is 3.52. The summed E-state index contributed by atoms with van der Waals surface area (Å²) in [5, 5.41) is 8.81. The number of aryl methyl sites for hydroxylation is 2. The summed E-state index contributed by atoms with van der Waals surface area (Å²) in [4.78, 5) is 37.2. The molecule has 12 heteroatoms. The monoisotopic (exact) mass is 765 g/mol. The van der Waals surface area contributed by atoms with Gasteiger partial charge in [0.15, 0.2) is 0 Å². The zero-order chi connectivity index (χ0) is 38.3. The van der Waals surface area contributed by atoms with E-state index in [0.29, 0.717) is 37.9 Å². The number of hydrogen-bond donors (Lipinski definition) is 1. The predicted molar refractivity (Wildman–Crippen MR) is 207 cm³/mol. The maximum atomic E-state index is 13.0. The van der Waals surface area contributed by atoms with Gasteiger partial charge in [0.25, 0.3) is 0 Å². The third-order valence-corrected chi connectivity index (χ3v) is 11.2. The van der Waals surface area contributed by atoms with Crippen molar-refractivity contribution >= 4 is 41.5 Å². The van der Waals surface area contributed by atoms with Crippen LogP contribution in [0.15, 0.2) is 78.9 Å². The highest BCUT2D eigenvalue weighted by Gasteiger charge is 2.44. The van der Waals surface area contributed by atoms with Gasteiger partial charge < -0.3 is 28.8 Å². The van der Waals surface area contributed by atoms with Crippen molar-refractivity contribution in [1.29, 1.82) is 0 Å². The van der Waals surface area contributed by atoms with Gasteiger partial charge in [-0.25, -0.2) is 9.69 Å². The molecular formula is C41H51NO9S2. The Labute approximate surface area is 321 Å². The molecule has 3 aliphatic heterocycles. The first-order valence-electron chi connectivity index (χ1n) is 17.7. The van der Waals surface area contributed by atoms with Crippen LogP contribution in [0.25, 0.3) is 0 Å². The van der Waals surface area contributed by atoms with Gasteiger partial charge in [-0.15, -0.1) is 23.5 Å². The Bertz CT molecular complexity index is 1680. The Hall–Kier alpha value is -3.39. The van der Waals surface area contributed by atoms with Crippen molar-refractivity contribution in [2.45, 2.75) is 59.2 Å². The van der Waals surface area contributed by atoms with E-state index in [-0.39, 0.29) is 34.8 Å². The lowest BCUT2D eigenvalue weighted by atomic mass is 9.93. The number of carbonyl (C=O) groups is 3. The maximum Gasteiger partial charge on any atom is 0.417 e. The Kier molecular flexibility index (Phi) is 13.4. The normalized spacial score (nSPS) is 21.2. The molecule has 0 unspecified atom stereocenters. The number of amides is 2. The highest BCUT2D eigenvalue weighted by Crippen LogP contribution is 2.41. The Morgan fingerprint density at radius 1 is 0.698 bits per heavy atom. The fraction of sp³-hybridized carbons (Fsp3) is 0.488. The van der Waals surface area contributed by atoms with Crippen molar-refractivity contribution < 1.29 is 43.2 Å². The van der Waals surface area contributed by atoms with Crippen LogP contribution in [-0.4, -0.2) is 84.0 Å². The van der Waals surface area contributed by atoms with E-state index in [1.54, 1.807) is 0 Å². The molecule has 3 saturated heterocycles. The van der Waals surface area contributed by atoms with Crippen LogP contribution in [0.3, 0.4) is 0 Å². The molecule has 1 atom stereocenters. The Morgan fingerprint density at radius 3 is 1.57 bits per heavy atom. The number of aliphatic carboxylic acids is 1. The minimum Gasteiger partial charge on any atom is -0.481 e. The molecule has 0 aliphatic carbocycles. The molecular weight excluding hydrogens is 715 g/mol. The molecule has 3 aliphatic rings. The number of nitrogens with zero attached hydrogens (tertiary/aromatic N) is 1. The largest absolute Gasteiger partial charge is 0.481 e. The van der Waals surface area contributed by atoms with Gasteiger partial charge in [0.2, 0.25) is 17.5 Å². The molecule has 0 spiro atoms. The summed E-state index contributed by atoms with van der Waals surface area (Å²) in [5.41, 5.74) is 4.99. The molecule has 0 bridgehead atoms. The lowest BCUT2D eigenvalue weighted by Gasteiger charge is -2.43. The number of cyclic esters (lactones) is 1. The smallest absolute Gasteiger partial charge is 0.417 e. The van der Waals surface area contributed by atoms with Crippen molar-refractivity contribution in [3.63, 3.8) is 0 Å². The number of imide groups is 1. The average molecular weight is 766 g/mol. The number of benzene rings is 3. The molecule has 3 aromatic carbocycles. The van der Waals surface area contributed by atoms with Crippen molar-refractivity contribution in [1.82, 2.24) is 4.90 Å². The van der Waals surface area contributed by atoms with Gasteiger partial charge in [-0.3, -0.25) is 9.59 Å². The molecule has 53 heavy (non-hydrogen) atoms. The van der Waals surface area contributed by atoms with E-state index in [9.17, 15) is 14.4 Å². The van der Waals surface area contributed by atoms with Gasteiger partial charge in [0.1, 0.15) is 12.6 Å². The van der Waals surface area contributed by atoms with E-state index in [1.807, 2.05) is 92.7 Å². The number of carboxylic acids is 1. The second kappa shape index (κ2) is 17.4. The van der Waals surface area contributed by atoms with E-state index >= 15 is 0 Å². The van der Waals surface area contributed by atoms with Crippen molar-refractivity contribution in [2.75, 3.05) is 56.0 Å². The summed E-state index contributed by atoms with van der Waals surface area (Å²) in [6.07, 6.45) is -0.593. The molecule has 6 rings (SSSR count). The molecule has 0 radical (unpaired) electrons. The van der Waals surface area contributed by atoms with Gasteiger partial charge in [0, 0.05) is 22.0 Å². The quantitative estimate of drug-likeness (QED) is 0.207. The van der Waals surface area contributed by atoms with E-state index < -0.39 is 29.7 Å². The number of carbonyl (C=O) groups excluding carboxylic acids is 2. The molecule has 0 aromatic heterocycles. The second-order valence-electron chi connectivity index (χ2n) is 15.4.